The fourth-order valence-corrected chi connectivity index (χ4v) is 2.94. The molecule has 0 heterocycles. The van der Waals surface area contributed by atoms with E-state index in [-0.39, 0.29) is 11.4 Å². The highest BCUT2D eigenvalue weighted by molar-refractivity contribution is 7.99. The van der Waals surface area contributed by atoms with Gasteiger partial charge >= 0.3 is 0 Å². The van der Waals surface area contributed by atoms with E-state index in [2.05, 4.69) is 0 Å². The summed E-state index contributed by atoms with van der Waals surface area (Å²) in [5.74, 6) is 0. The minimum Gasteiger partial charge on any atom is -0.258 e. The van der Waals surface area contributed by atoms with Crippen molar-refractivity contribution in [3.05, 3.63) is 67.8 Å². The first-order chi connectivity index (χ1) is 9.88. The number of hydrogen-bond donors (Lipinski definition) is 0. The maximum atomic E-state index is 10.8. The summed E-state index contributed by atoms with van der Waals surface area (Å²) >= 11 is 1.41. The number of hydrogen-bond acceptors (Lipinski definition) is 5. The summed E-state index contributed by atoms with van der Waals surface area (Å²) < 4.78 is 0. The molecule has 2 aromatic rings. The summed E-state index contributed by atoms with van der Waals surface area (Å²) in [6.45, 7) is 3.37. The highest BCUT2D eigenvalue weighted by atomic mass is 32.2. The van der Waals surface area contributed by atoms with Gasteiger partial charge < -0.3 is 0 Å². The largest absolute Gasteiger partial charge is 0.272 e. The average molecular weight is 304 g/mol. The number of aryl methyl sites for hydroxylation is 2. The second-order valence-corrected chi connectivity index (χ2v) is 5.66. The molecule has 2 rings (SSSR count). The molecule has 21 heavy (non-hydrogen) atoms. The van der Waals surface area contributed by atoms with Gasteiger partial charge in [-0.2, -0.15) is 0 Å². The zero-order valence-electron chi connectivity index (χ0n) is 11.4. The van der Waals surface area contributed by atoms with Crippen LogP contribution in [0.15, 0.2) is 46.2 Å². The van der Waals surface area contributed by atoms with E-state index in [1.807, 2.05) is 0 Å². The Morgan fingerprint density at radius 2 is 1.19 bits per heavy atom. The lowest BCUT2D eigenvalue weighted by Crippen LogP contribution is -1.92. The Kier molecular flexibility index (Phi) is 4.23. The second kappa shape index (κ2) is 5.92. The average Bonchev–Trinajstić information content (AvgIpc) is 2.37. The van der Waals surface area contributed by atoms with Crippen LogP contribution in [0, 0.1) is 34.1 Å². The molecule has 0 fully saturated rings. The zero-order valence-corrected chi connectivity index (χ0v) is 12.2. The molecule has 0 aliphatic carbocycles. The Hall–Kier alpha value is -2.41. The van der Waals surface area contributed by atoms with Crippen LogP contribution >= 0.6 is 11.8 Å². The molecule has 0 atom stereocenters. The van der Waals surface area contributed by atoms with Gasteiger partial charge in [0.05, 0.1) is 9.85 Å². The quantitative estimate of drug-likeness (QED) is 0.621. The van der Waals surface area contributed by atoms with E-state index in [0.717, 1.165) is 9.79 Å². The van der Waals surface area contributed by atoms with Gasteiger partial charge in [0, 0.05) is 33.1 Å². The van der Waals surface area contributed by atoms with Crippen LogP contribution in [0.25, 0.3) is 0 Å². The predicted molar refractivity (Wildman–Crippen MR) is 79.8 cm³/mol. The maximum absolute atomic E-state index is 10.8. The highest BCUT2D eigenvalue weighted by Crippen LogP contribution is 2.33. The van der Waals surface area contributed by atoms with Crippen LogP contribution in [0.1, 0.15) is 11.1 Å². The normalized spacial score (nSPS) is 10.4. The molecule has 0 aliphatic heterocycles. The fraction of sp³-hybridized carbons (Fsp3) is 0.143. The van der Waals surface area contributed by atoms with Crippen molar-refractivity contribution in [2.75, 3.05) is 0 Å². The van der Waals surface area contributed by atoms with Gasteiger partial charge in [0.25, 0.3) is 11.4 Å². The number of nitro benzene ring substituents is 2. The van der Waals surface area contributed by atoms with E-state index in [0.29, 0.717) is 11.1 Å². The van der Waals surface area contributed by atoms with Crippen LogP contribution in [0.2, 0.25) is 0 Å². The van der Waals surface area contributed by atoms with E-state index in [9.17, 15) is 20.2 Å². The predicted octanol–water partition coefficient (Wildman–Crippen LogP) is 4.27. The van der Waals surface area contributed by atoms with Crippen molar-refractivity contribution < 1.29 is 9.85 Å². The molecule has 6 nitrogen and oxygen atoms in total. The molecule has 0 aliphatic rings. The van der Waals surface area contributed by atoms with Crippen LogP contribution in [0.4, 0.5) is 11.4 Å². The lowest BCUT2D eigenvalue weighted by Gasteiger charge is -2.05. The van der Waals surface area contributed by atoms with E-state index >= 15 is 0 Å². The molecule has 2 aromatic carbocycles. The van der Waals surface area contributed by atoms with Crippen LogP contribution in [0.5, 0.6) is 0 Å². The smallest absolute Gasteiger partial charge is 0.258 e. The van der Waals surface area contributed by atoms with E-state index in [1.165, 1.54) is 23.9 Å². The van der Waals surface area contributed by atoms with E-state index in [4.69, 9.17) is 0 Å². The summed E-state index contributed by atoms with van der Waals surface area (Å²) in [5.41, 5.74) is 1.34. The molecule has 0 amide bonds. The molecular weight excluding hydrogens is 292 g/mol. The third-order valence-corrected chi connectivity index (χ3v) is 3.94. The van der Waals surface area contributed by atoms with Crippen molar-refractivity contribution in [3.63, 3.8) is 0 Å². The Labute approximate surface area is 125 Å². The summed E-state index contributed by atoms with van der Waals surface area (Å²) in [6, 6.07) is 9.75. The summed E-state index contributed by atoms with van der Waals surface area (Å²) in [7, 11) is 0. The van der Waals surface area contributed by atoms with Gasteiger partial charge in [0.2, 0.25) is 0 Å². The van der Waals surface area contributed by atoms with Crippen LogP contribution < -0.4 is 0 Å². The van der Waals surface area contributed by atoms with Crippen molar-refractivity contribution in [2.24, 2.45) is 0 Å². The molecule has 0 unspecified atom stereocenters. The monoisotopic (exact) mass is 304 g/mol. The molecular formula is C14H12N2O4S. The Morgan fingerprint density at radius 1 is 0.810 bits per heavy atom. The molecule has 0 saturated carbocycles. The fourth-order valence-electron chi connectivity index (χ4n) is 1.93. The van der Waals surface area contributed by atoms with Crippen molar-refractivity contribution in [1.82, 2.24) is 0 Å². The molecule has 0 saturated heterocycles. The van der Waals surface area contributed by atoms with Crippen LogP contribution in [0.3, 0.4) is 0 Å². The molecule has 0 N–H and O–H groups in total. The lowest BCUT2D eigenvalue weighted by molar-refractivity contribution is -0.385. The summed E-state index contributed by atoms with van der Waals surface area (Å²) in [5, 5.41) is 21.5. The first kappa shape index (κ1) is 15.0. The SMILES string of the molecule is Cc1cc(Sc2ccc([N+](=O)[O-])c(C)c2)ccc1[N+](=O)[O-]. The number of nitrogens with zero attached hydrogens (tertiary/aromatic N) is 2. The van der Waals surface area contributed by atoms with Crippen molar-refractivity contribution in [1.29, 1.82) is 0 Å². The molecule has 0 radical (unpaired) electrons. The lowest BCUT2D eigenvalue weighted by atomic mass is 10.2. The van der Waals surface area contributed by atoms with Gasteiger partial charge in [-0.25, -0.2) is 0 Å². The van der Waals surface area contributed by atoms with Crippen LogP contribution in [-0.2, 0) is 0 Å². The van der Waals surface area contributed by atoms with E-state index < -0.39 is 9.85 Å². The maximum Gasteiger partial charge on any atom is 0.272 e. The first-order valence-corrected chi connectivity index (χ1v) is 6.88. The third kappa shape index (κ3) is 3.38. The zero-order chi connectivity index (χ0) is 15.6. The minimum absolute atomic E-state index is 0.0826. The van der Waals surface area contributed by atoms with Crippen molar-refractivity contribution in [3.8, 4) is 0 Å². The third-order valence-electron chi connectivity index (χ3n) is 2.97. The molecule has 7 heteroatoms. The van der Waals surface area contributed by atoms with Gasteiger partial charge in [-0.3, -0.25) is 20.2 Å². The summed E-state index contributed by atoms with van der Waals surface area (Å²) in [6.07, 6.45) is 0. The van der Waals surface area contributed by atoms with E-state index in [1.54, 1.807) is 38.1 Å². The van der Waals surface area contributed by atoms with Crippen molar-refractivity contribution >= 4 is 23.1 Å². The topological polar surface area (TPSA) is 86.3 Å². The number of benzene rings is 2. The highest BCUT2D eigenvalue weighted by Gasteiger charge is 2.13. The van der Waals surface area contributed by atoms with Crippen LogP contribution in [-0.4, -0.2) is 9.85 Å². The Morgan fingerprint density at radius 3 is 1.48 bits per heavy atom. The van der Waals surface area contributed by atoms with Gasteiger partial charge in [-0.05, 0) is 38.1 Å². The first-order valence-electron chi connectivity index (χ1n) is 6.06. The standard InChI is InChI=1S/C14H12N2O4S/c1-9-7-11(3-5-13(9)15(17)18)21-12-4-6-14(16(19)20)10(2)8-12/h3-8H,1-2H3. The number of nitro groups is 2. The Balaban J connectivity index is 2.26. The molecule has 0 spiro atoms. The second-order valence-electron chi connectivity index (χ2n) is 4.51. The van der Waals surface area contributed by atoms with Crippen molar-refractivity contribution in [2.45, 2.75) is 23.6 Å². The van der Waals surface area contributed by atoms with Gasteiger partial charge in [-0.1, -0.05) is 11.8 Å². The summed E-state index contributed by atoms with van der Waals surface area (Å²) in [4.78, 5) is 22.4. The van der Waals surface area contributed by atoms with Gasteiger partial charge in [0.1, 0.15) is 0 Å². The molecule has 108 valence electrons. The van der Waals surface area contributed by atoms with Gasteiger partial charge in [-0.15, -0.1) is 0 Å². The number of rotatable bonds is 4. The minimum atomic E-state index is -0.417. The van der Waals surface area contributed by atoms with Gasteiger partial charge in [0.15, 0.2) is 0 Å². The molecule has 0 aromatic heterocycles. The Bertz CT molecular complexity index is 669. The molecule has 0 bridgehead atoms.